The first-order chi connectivity index (χ1) is 8.59. The molecule has 2 heterocycles. The van der Waals surface area contributed by atoms with E-state index in [-0.39, 0.29) is 11.5 Å². The number of hydrogen-bond donors (Lipinski definition) is 2. The molecule has 0 radical (unpaired) electrons. The number of pyridine rings is 1. The lowest BCUT2D eigenvalue weighted by Crippen LogP contribution is -2.37. The van der Waals surface area contributed by atoms with E-state index in [9.17, 15) is 9.59 Å². The van der Waals surface area contributed by atoms with Crippen LogP contribution >= 0.6 is 0 Å². The van der Waals surface area contributed by atoms with Crippen molar-refractivity contribution in [3.8, 4) is 0 Å². The molecule has 0 spiro atoms. The number of piperidine rings is 1. The molecule has 1 aliphatic rings. The van der Waals surface area contributed by atoms with E-state index in [0.29, 0.717) is 25.9 Å². The first kappa shape index (κ1) is 12.3. The third-order valence-electron chi connectivity index (χ3n) is 3.29. The third-order valence-corrected chi connectivity index (χ3v) is 3.29. The molecule has 6 heteroatoms. The van der Waals surface area contributed by atoms with Crippen LogP contribution in [-0.4, -0.2) is 45.2 Å². The number of rotatable bonds is 2. The number of hydrogen-bond acceptors (Lipinski definition) is 3. The van der Waals surface area contributed by atoms with Crippen LogP contribution in [0.15, 0.2) is 18.5 Å². The van der Waals surface area contributed by atoms with Gasteiger partial charge in [-0.15, -0.1) is 0 Å². The second-order valence-electron chi connectivity index (χ2n) is 4.31. The van der Waals surface area contributed by atoms with Gasteiger partial charge in [-0.1, -0.05) is 0 Å². The lowest BCUT2D eigenvalue weighted by Gasteiger charge is -2.30. The summed E-state index contributed by atoms with van der Waals surface area (Å²) < 4.78 is 0. The largest absolute Gasteiger partial charge is 0.478 e. The summed E-state index contributed by atoms with van der Waals surface area (Å²) in [5.41, 5.74) is 0.966. The minimum atomic E-state index is -0.987. The van der Waals surface area contributed by atoms with Gasteiger partial charge in [0.15, 0.2) is 0 Å². The molecule has 2 N–H and O–H groups in total. The van der Waals surface area contributed by atoms with E-state index in [2.05, 4.69) is 4.98 Å². The third kappa shape index (κ3) is 2.42. The summed E-state index contributed by atoms with van der Waals surface area (Å²) in [4.78, 5) is 27.1. The lowest BCUT2D eigenvalue weighted by atomic mass is 9.87. The lowest BCUT2D eigenvalue weighted by molar-refractivity contribution is 0.0693. The Balaban J connectivity index is 2.15. The van der Waals surface area contributed by atoms with Gasteiger partial charge in [-0.05, 0) is 30.4 Å². The molecule has 0 aromatic carbocycles. The summed E-state index contributed by atoms with van der Waals surface area (Å²) in [5, 5.41) is 18.0. The molecule has 0 unspecified atom stereocenters. The summed E-state index contributed by atoms with van der Waals surface area (Å²) in [5.74, 6) is -0.895. The molecular formula is C12H14N2O4. The summed E-state index contributed by atoms with van der Waals surface area (Å²) in [7, 11) is 0. The number of carbonyl (C=O) groups is 2. The Morgan fingerprint density at radius 2 is 1.94 bits per heavy atom. The molecule has 2 rings (SSSR count). The average Bonchev–Trinajstić information content (AvgIpc) is 2.39. The standard InChI is InChI=1S/C12H14N2O4/c15-11(16)10-7-13-4-1-9(10)8-2-5-14(6-3-8)12(17)18/h1,4,7-8H,2-3,5-6H2,(H,15,16)(H,17,18). The first-order valence-corrected chi connectivity index (χ1v) is 5.74. The van der Waals surface area contributed by atoms with Crippen molar-refractivity contribution in [1.82, 2.24) is 9.88 Å². The molecule has 96 valence electrons. The fourth-order valence-electron chi connectivity index (χ4n) is 2.32. The summed E-state index contributed by atoms with van der Waals surface area (Å²) in [6.07, 6.45) is 3.31. The maximum absolute atomic E-state index is 11.1. The summed E-state index contributed by atoms with van der Waals surface area (Å²) in [6, 6.07) is 1.71. The molecule has 0 saturated carbocycles. The molecule has 1 aromatic heterocycles. The fourth-order valence-corrected chi connectivity index (χ4v) is 2.32. The van der Waals surface area contributed by atoms with Gasteiger partial charge in [-0.3, -0.25) is 4.98 Å². The Labute approximate surface area is 104 Å². The Bertz CT molecular complexity index is 467. The Morgan fingerprint density at radius 1 is 1.28 bits per heavy atom. The van der Waals surface area contributed by atoms with E-state index in [1.807, 2.05) is 0 Å². The SMILES string of the molecule is O=C(O)c1cnccc1C1CCN(C(=O)O)CC1. The molecular weight excluding hydrogens is 236 g/mol. The van der Waals surface area contributed by atoms with Gasteiger partial charge in [0.05, 0.1) is 5.56 Å². The maximum Gasteiger partial charge on any atom is 0.407 e. The van der Waals surface area contributed by atoms with E-state index < -0.39 is 12.1 Å². The average molecular weight is 250 g/mol. The van der Waals surface area contributed by atoms with Crippen molar-refractivity contribution in [3.63, 3.8) is 0 Å². The van der Waals surface area contributed by atoms with E-state index in [0.717, 1.165) is 5.56 Å². The number of likely N-dealkylation sites (tertiary alicyclic amines) is 1. The molecule has 0 atom stereocenters. The van der Waals surface area contributed by atoms with Gasteiger partial charge < -0.3 is 15.1 Å². The quantitative estimate of drug-likeness (QED) is 0.832. The van der Waals surface area contributed by atoms with Crippen molar-refractivity contribution in [2.75, 3.05) is 13.1 Å². The number of aromatic carboxylic acids is 1. The van der Waals surface area contributed by atoms with Crippen molar-refractivity contribution < 1.29 is 19.8 Å². The monoisotopic (exact) mass is 250 g/mol. The van der Waals surface area contributed by atoms with Crippen molar-refractivity contribution in [2.45, 2.75) is 18.8 Å². The van der Waals surface area contributed by atoms with E-state index >= 15 is 0 Å². The minimum absolute atomic E-state index is 0.0923. The highest BCUT2D eigenvalue weighted by Gasteiger charge is 2.26. The van der Waals surface area contributed by atoms with Gasteiger partial charge in [0.1, 0.15) is 0 Å². The smallest absolute Gasteiger partial charge is 0.407 e. The first-order valence-electron chi connectivity index (χ1n) is 5.74. The van der Waals surface area contributed by atoms with Gasteiger partial charge in [-0.25, -0.2) is 9.59 Å². The van der Waals surface area contributed by atoms with E-state index in [1.165, 1.54) is 11.1 Å². The van der Waals surface area contributed by atoms with Crippen LogP contribution in [-0.2, 0) is 0 Å². The van der Waals surface area contributed by atoms with Gasteiger partial charge >= 0.3 is 12.1 Å². The Kier molecular flexibility index (Phi) is 3.45. The zero-order valence-electron chi connectivity index (χ0n) is 9.74. The van der Waals surface area contributed by atoms with Crippen LogP contribution in [0.4, 0.5) is 4.79 Å². The van der Waals surface area contributed by atoms with Crippen molar-refractivity contribution in [3.05, 3.63) is 29.6 Å². The van der Waals surface area contributed by atoms with Gasteiger partial charge in [0, 0.05) is 25.5 Å². The number of carboxylic acids is 1. The number of carboxylic acid groups (broad SMARTS) is 2. The topological polar surface area (TPSA) is 90.7 Å². The van der Waals surface area contributed by atoms with Crippen LogP contribution in [0.1, 0.15) is 34.7 Å². The Hall–Kier alpha value is -2.11. The van der Waals surface area contributed by atoms with Crippen LogP contribution in [0.25, 0.3) is 0 Å². The molecule has 6 nitrogen and oxygen atoms in total. The molecule has 1 aliphatic heterocycles. The second kappa shape index (κ2) is 5.03. The van der Waals surface area contributed by atoms with Gasteiger partial charge in [0.2, 0.25) is 0 Å². The van der Waals surface area contributed by atoms with E-state index in [1.54, 1.807) is 12.3 Å². The molecule has 18 heavy (non-hydrogen) atoms. The van der Waals surface area contributed by atoms with E-state index in [4.69, 9.17) is 10.2 Å². The predicted molar refractivity (Wildman–Crippen MR) is 62.8 cm³/mol. The van der Waals surface area contributed by atoms with Gasteiger partial charge in [0.25, 0.3) is 0 Å². The second-order valence-corrected chi connectivity index (χ2v) is 4.31. The Morgan fingerprint density at radius 3 is 2.50 bits per heavy atom. The van der Waals surface area contributed by atoms with Gasteiger partial charge in [-0.2, -0.15) is 0 Å². The minimum Gasteiger partial charge on any atom is -0.478 e. The van der Waals surface area contributed by atoms with Crippen LogP contribution in [0.3, 0.4) is 0 Å². The predicted octanol–water partition coefficient (Wildman–Crippen LogP) is 1.64. The van der Waals surface area contributed by atoms with Crippen molar-refractivity contribution >= 4 is 12.1 Å². The highest BCUT2D eigenvalue weighted by Crippen LogP contribution is 2.29. The molecule has 1 fully saturated rings. The zero-order chi connectivity index (χ0) is 13.1. The molecule has 1 amide bonds. The van der Waals surface area contributed by atoms with Crippen LogP contribution in [0.2, 0.25) is 0 Å². The molecule has 1 aromatic rings. The van der Waals surface area contributed by atoms with Crippen LogP contribution in [0.5, 0.6) is 0 Å². The molecule has 0 aliphatic carbocycles. The summed E-state index contributed by atoms with van der Waals surface area (Å²) in [6.45, 7) is 0.892. The highest BCUT2D eigenvalue weighted by atomic mass is 16.4. The normalized spacial score (nSPS) is 16.6. The molecule has 0 bridgehead atoms. The molecule has 1 saturated heterocycles. The van der Waals surface area contributed by atoms with Crippen molar-refractivity contribution in [1.29, 1.82) is 0 Å². The highest BCUT2D eigenvalue weighted by molar-refractivity contribution is 5.89. The summed E-state index contributed by atoms with van der Waals surface area (Å²) >= 11 is 0. The maximum atomic E-state index is 11.1. The number of nitrogens with zero attached hydrogens (tertiary/aromatic N) is 2. The number of amides is 1. The van der Waals surface area contributed by atoms with Crippen LogP contribution in [0, 0.1) is 0 Å². The number of aromatic nitrogens is 1. The van der Waals surface area contributed by atoms with Crippen molar-refractivity contribution in [2.24, 2.45) is 0 Å². The zero-order valence-corrected chi connectivity index (χ0v) is 9.74. The fraction of sp³-hybridized carbons (Fsp3) is 0.417. The van der Waals surface area contributed by atoms with Crippen LogP contribution < -0.4 is 0 Å².